The number of carbonyl (C=O) groups is 1. The molecule has 0 aliphatic rings. The second-order valence-corrected chi connectivity index (χ2v) is 6.27. The van der Waals surface area contributed by atoms with E-state index >= 15 is 0 Å². The lowest BCUT2D eigenvalue weighted by Gasteiger charge is -2.23. The van der Waals surface area contributed by atoms with E-state index in [9.17, 15) is 10.1 Å². The van der Waals surface area contributed by atoms with Crippen LogP contribution in [-0.2, 0) is 0 Å². The molecular formula is C14H22N4OS. The maximum atomic E-state index is 12.1. The minimum absolute atomic E-state index is 0.157. The molecule has 0 atom stereocenters. The van der Waals surface area contributed by atoms with Crippen LogP contribution in [0.15, 0.2) is 0 Å². The Morgan fingerprint density at radius 2 is 2.05 bits per heavy atom. The number of nitrogens with zero attached hydrogens (tertiary/aromatic N) is 3. The predicted octanol–water partition coefficient (Wildman–Crippen LogP) is 2.39. The fraction of sp³-hybridized carbons (Fsp3) is 0.571. The van der Waals surface area contributed by atoms with Crippen LogP contribution in [0.4, 0.5) is 10.7 Å². The number of rotatable bonds is 5. The summed E-state index contributed by atoms with van der Waals surface area (Å²) in [4.78, 5) is 16.1. The fourth-order valence-corrected chi connectivity index (χ4v) is 3.19. The molecule has 5 nitrogen and oxygen atoms in total. The summed E-state index contributed by atoms with van der Waals surface area (Å²) >= 11 is 1.31. The third kappa shape index (κ3) is 3.23. The summed E-state index contributed by atoms with van der Waals surface area (Å²) < 4.78 is 0. The summed E-state index contributed by atoms with van der Waals surface area (Å²) in [6.45, 7) is 7.89. The highest BCUT2D eigenvalue weighted by molar-refractivity contribution is 7.19. The Morgan fingerprint density at radius 3 is 2.45 bits per heavy atom. The normalized spacial score (nSPS) is 10.4. The van der Waals surface area contributed by atoms with Crippen molar-refractivity contribution < 1.29 is 4.79 Å². The lowest BCUT2D eigenvalue weighted by molar-refractivity contribution is 0.0833. The van der Waals surface area contributed by atoms with Gasteiger partial charge < -0.3 is 15.5 Å². The number of nitrogen functional groups attached to an aromatic ring is 1. The molecule has 0 aliphatic heterocycles. The van der Waals surface area contributed by atoms with Crippen molar-refractivity contribution in [3.05, 3.63) is 10.4 Å². The van der Waals surface area contributed by atoms with Crippen LogP contribution in [0, 0.1) is 17.2 Å². The summed E-state index contributed by atoms with van der Waals surface area (Å²) in [7, 11) is 3.36. The molecule has 0 aliphatic carbocycles. The van der Waals surface area contributed by atoms with Crippen molar-refractivity contribution in [1.82, 2.24) is 4.90 Å². The summed E-state index contributed by atoms with van der Waals surface area (Å²) in [6, 6.07) is 2.14. The van der Waals surface area contributed by atoms with Crippen LogP contribution in [0.5, 0.6) is 0 Å². The van der Waals surface area contributed by atoms with Gasteiger partial charge >= 0.3 is 0 Å². The Bertz CT molecular complexity index is 528. The van der Waals surface area contributed by atoms with Crippen molar-refractivity contribution >= 4 is 27.9 Å². The average Bonchev–Trinajstić information content (AvgIpc) is 2.71. The van der Waals surface area contributed by atoms with Gasteiger partial charge in [-0.3, -0.25) is 4.79 Å². The van der Waals surface area contributed by atoms with Crippen molar-refractivity contribution in [2.24, 2.45) is 5.92 Å². The molecule has 0 unspecified atom stereocenters. The van der Waals surface area contributed by atoms with Gasteiger partial charge in [-0.25, -0.2) is 0 Å². The summed E-state index contributed by atoms with van der Waals surface area (Å²) in [5, 5.41) is 10.1. The molecule has 1 rings (SSSR count). The quantitative estimate of drug-likeness (QED) is 0.905. The molecule has 1 aromatic rings. The van der Waals surface area contributed by atoms with Crippen molar-refractivity contribution in [2.75, 3.05) is 37.8 Å². The lowest BCUT2D eigenvalue weighted by atomic mass is 10.2. The van der Waals surface area contributed by atoms with Crippen LogP contribution in [0.25, 0.3) is 0 Å². The summed E-state index contributed by atoms with van der Waals surface area (Å²) in [5.74, 6) is 0.314. The van der Waals surface area contributed by atoms with E-state index in [0.717, 1.165) is 18.1 Å². The van der Waals surface area contributed by atoms with Gasteiger partial charge in [-0.05, 0) is 12.8 Å². The Kier molecular flexibility index (Phi) is 5.40. The molecule has 110 valence electrons. The van der Waals surface area contributed by atoms with Gasteiger partial charge in [0.25, 0.3) is 5.91 Å². The maximum absolute atomic E-state index is 12.1. The van der Waals surface area contributed by atoms with Crippen LogP contribution in [0.2, 0.25) is 0 Å². The van der Waals surface area contributed by atoms with Gasteiger partial charge in [-0.15, -0.1) is 11.3 Å². The molecular weight excluding hydrogens is 272 g/mol. The van der Waals surface area contributed by atoms with Crippen LogP contribution >= 0.6 is 11.3 Å². The van der Waals surface area contributed by atoms with Gasteiger partial charge in [0.2, 0.25) is 0 Å². The topological polar surface area (TPSA) is 73.4 Å². The van der Waals surface area contributed by atoms with E-state index in [4.69, 9.17) is 5.73 Å². The Balaban J connectivity index is 3.30. The third-order valence-electron chi connectivity index (χ3n) is 2.89. The van der Waals surface area contributed by atoms with Crippen molar-refractivity contribution in [3.63, 3.8) is 0 Å². The zero-order valence-electron chi connectivity index (χ0n) is 12.7. The van der Waals surface area contributed by atoms with E-state index in [1.54, 1.807) is 14.1 Å². The zero-order chi connectivity index (χ0) is 15.4. The lowest BCUT2D eigenvalue weighted by Crippen LogP contribution is -2.27. The zero-order valence-corrected chi connectivity index (χ0v) is 13.5. The smallest absolute Gasteiger partial charge is 0.265 e. The molecule has 0 saturated heterocycles. The molecule has 1 amide bonds. The first-order valence-electron chi connectivity index (χ1n) is 6.62. The predicted molar refractivity (Wildman–Crippen MR) is 84.2 cm³/mol. The van der Waals surface area contributed by atoms with Gasteiger partial charge in [0, 0.05) is 27.2 Å². The molecule has 1 heterocycles. The Labute approximate surface area is 124 Å². The monoisotopic (exact) mass is 294 g/mol. The molecule has 2 N–H and O–H groups in total. The second kappa shape index (κ2) is 6.62. The summed E-state index contributed by atoms with van der Waals surface area (Å²) in [5.41, 5.74) is 6.71. The number of anilines is 2. The second-order valence-electron chi connectivity index (χ2n) is 5.27. The maximum Gasteiger partial charge on any atom is 0.265 e. The molecule has 0 radical (unpaired) electrons. The van der Waals surface area contributed by atoms with Crippen LogP contribution in [0.3, 0.4) is 0 Å². The van der Waals surface area contributed by atoms with Crippen molar-refractivity contribution in [3.8, 4) is 6.07 Å². The SMILES string of the molecule is CCN(CC(C)C)c1sc(C(=O)N(C)C)c(N)c1C#N. The van der Waals surface area contributed by atoms with Crippen LogP contribution < -0.4 is 10.6 Å². The molecule has 0 aromatic carbocycles. The third-order valence-corrected chi connectivity index (χ3v) is 4.15. The van der Waals surface area contributed by atoms with Crippen molar-refractivity contribution in [2.45, 2.75) is 20.8 Å². The molecule has 0 fully saturated rings. The highest BCUT2D eigenvalue weighted by Crippen LogP contribution is 2.38. The van der Waals surface area contributed by atoms with E-state index in [0.29, 0.717) is 22.0 Å². The van der Waals surface area contributed by atoms with Gasteiger partial charge in [0.15, 0.2) is 0 Å². The minimum Gasteiger partial charge on any atom is -0.396 e. The fourth-order valence-electron chi connectivity index (χ4n) is 1.92. The molecule has 0 saturated carbocycles. The highest BCUT2D eigenvalue weighted by atomic mass is 32.1. The first-order chi connectivity index (χ1) is 9.33. The highest BCUT2D eigenvalue weighted by Gasteiger charge is 2.25. The Morgan fingerprint density at radius 1 is 1.45 bits per heavy atom. The average molecular weight is 294 g/mol. The molecule has 20 heavy (non-hydrogen) atoms. The largest absolute Gasteiger partial charge is 0.396 e. The molecule has 6 heteroatoms. The number of hydrogen-bond donors (Lipinski definition) is 1. The van der Waals surface area contributed by atoms with E-state index in [2.05, 4.69) is 24.8 Å². The number of nitrogens with two attached hydrogens (primary N) is 1. The number of carbonyl (C=O) groups excluding carboxylic acids is 1. The first-order valence-corrected chi connectivity index (χ1v) is 7.44. The number of thiophene rings is 1. The molecule has 0 bridgehead atoms. The van der Waals surface area contributed by atoms with Crippen LogP contribution in [0.1, 0.15) is 36.0 Å². The van der Waals surface area contributed by atoms with Crippen molar-refractivity contribution in [1.29, 1.82) is 5.26 Å². The van der Waals surface area contributed by atoms with Gasteiger partial charge in [0.1, 0.15) is 21.5 Å². The molecule has 0 spiro atoms. The number of nitriles is 1. The summed E-state index contributed by atoms with van der Waals surface area (Å²) in [6.07, 6.45) is 0. The van der Waals surface area contributed by atoms with Gasteiger partial charge in [0.05, 0.1) is 5.69 Å². The van der Waals surface area contributed by atoms with Crippen LogP contribution in [-0.4, -0.2) is 38.0 Å². The van der Waals surface area contributed by atoms with E-state index in [-0.39, 0.29) is 5.91 Å². The number of hydrogen-bond acceptors (Lipinski definition) is 5. The number of amides is 1. The van der Waals surface area contributed by atoms with E-state index in [1.807, 2.05) is 6.92 Å². The van der Waals surface area contributed by atoms with E-state index < -0.39 is 0 Å². The van der Waals surface area contributed by atoms with E-state index in [1.165, 1.54) is 16.2 Å². The minimum atomic E-state index is -0.157. The van der Waals surface area contributed by atoms with Gasteiger partial charge in [-0.2, -0.15) is 5.26 Å². The first kappa shape index (κ1) is 16.3. The van der Waals surface area contributed by atoms with Gasteiger partial charge in [-0.1, -0.05) is 13.8 Å². The molecule has 1 aromatic heterocycles. The Hall–Kier alpha value is -1.74. The standard InChI is InChI=1S/C14H22N4OS/c1-6-18(8-9(2)3)14-10(7-15)11(16)12(20-14)13(19)17(4)5/h9H,6,8,16H2,1-5H3.